The van der Waals surface area contributed by atoms with Gasteiger partial charge in [-0.15, -0.1) is 11.8 Å². The Bertz CT molecular complexity index is 1260. The second-order valence-electron chi connectivity index (χ2n) is 8.52. The number of thiazole rings is 1. The largest absolute Gasteiger partial charge is 0.302 e. The quantitative estimate of drug-likeness (QED) is 0.265. The summed E-state index contributed by atoms with van der Waals surface area (Å²) in [7, 11) is -2.00. The molecular weight excluding hydrogens is 513 g/mol. The molecule has 0 radical (unpaired) electrons. The molecule has 0 atom stereocenters. The van der Waals surface area contributed by atoms with Crippen LogP contribution in [0.5, 0.6) is 0 Å². The molecule has 0 aliphatic rings. The molecule has 0 unspecified atom stereocenters. The summed E-state index contributed by atoms with van der Waals surface area (Å²) >= 11 is 3.18. The molecule has 0 bridgehead atoms. The number of rotatable bonds is 13. The summed E-state index contributed by atoms with van der Waals surface area (Å²) in [4.78, 5) is 23.8. The van der Waals surface area contributed by atoms with Gasteiger partial charge in [0, 0.05) is 37.1 Å². The zero-order chi connectivity index (χ0) is 26.3. The average Bonchev–Trinajstić information content (AvgIpc) is 3.32. The molecule has 3 aromatic rings. The predicted molar refractivity (Wildman–Crippen MR) is 152 cm³/mol. The van der Waals surface area contributed by atoms with Gasteiger partial charge in [-0.1, -0.05) is 38.5 Å². The maximum atomic E-state index is 13.7. The van der Waals surface area contributed by atoms with E-state index in [9.17, 15) is 13.2 Å². The highest BCUT2D eigenvalue weighted by molar-refractivity contribution is 7.98. The van der Waals surface area contributed by atoms with E-state index in [1.54, 1.807) is 35.8 Å². The lowest BCUT2D eigenvalue weighted by atomic mass is 10.2. The maximum Gasteiger partial charge on any atom is 0.260 e. The number of amides is 1. The number of aromatic nitrogens is 1. The molecule has 1 aromatic heterocycles. The number of carbonyl (C=O) groups excluding carboxylic acids is 1. The van der Waals surface area contributed by atoms with Crippen LogP contribution in [-0.2, 0) is 10.0 Å². The second-order valence-corrected chi connectivity index (χ2v) is 12.5. The fourth-order valence-electron chi connectivity index (χ4n) is 3.81. The Hall–Kier alpha value is -1.98. The first-order valence-electron chi connectivity index (χ1n) is 12.3. The van der Waals surface area contributed by atoms with E-state index in [0.717, 1.165) is 47.6 Å². The van der Waals surface area contributed by atoms with E-state index in [1.807, 2.05) is 25.3 Å². The summed E-state index contributed by atoms with van der Waals surface area (Å²) in [5.74, 6) is -0.186. The van der Waals surface area contributed by atoms with Gasteiger partial charge in [0.05, 0.1) is 15.1 Å². The Morgan fingerprint density at radius 3 is 2.31 bits per heavy atom. The average molecular weight is 549 g/mol. The standard InChI is InChI=1S/C26H36N4O3S3/c1-6-9-16-28(4)36(32,33)22-13-10-20(11-14-22)25(31)30(18-17-29(7-2)8-3)26-27-23-15-12-21(34-5)19-24(23)35-26/h10-15,19H,6-9,16-18H2,1-5H3. The fourth-order valence-corrected chi connectivity index (χ4v) is 6.56. The maximum absolute atomic E-state index is 13.7. The number of sulfonamides is 1. The number of likely N-dealkylation sites (N-methyl/N-ethyl adjacent to an activating group) is 1. The zero-order valence-electron chi connectivity index (χ0n) is 21.7. The van der Waals surface area contributed by atoms with E-state index in [4.69, 9.17) is 4.98 Å². The Balaban J connectivity index is 1.91. The van der Waals surface area contributed by atoms with Gasteiger partial charge in [-0.3, -0.25) is 9.69 Å². The number of hydrogen-bond donors (Lipinski definition) is 0. The van der Waals surface area contributed by atoms with Crippen LogP contribution in [0.3, 0.4) is 0 Å². The third kappa shape index (κ3) is 6.66. The van der Waals surface area contributed by atoms with E-state index >= 15 is 0 Å². The van der Waals surface area contributed by atoms with Crippen molar-refractivity contribution in [3.8, 4) is 0 Å². The van der Waals surface area contributed by atoms with E-state index in [2.05, 4.69) is 24.8 Å². The van der Waals surface area contributed by atoms with Crippen LogP contribution in [0, 0.1) is 0 Å². The normalized spacial score (nSPS) is 12.1. The molecule has 10 heteroatoms. The summed E-state index contributed by atoms with van der Waals surface area (Å²) in [5.41, 5.74) is 1.30. The first-order valence-corrected chi connectivity index (χ1v) is 15.8. The molecule has 1 heterocycles. The lowest BCUT2D eigenvalue weighted by molar-refractivity contribution is 0.0983. The molecule has 0 fully saturated rings. The van der Waals surface area contributed by atoms with Crippen LogP contribution in [0.4, 0.5) is 5.13 Å². The number of thioether (sulfide) groups is 1. The summed E-state index contributed by atoms with van der Waals surface area (Å²) in [6, 6.07) is 12.4. The van der Waals surface area contributed by atoms with Crippen LogP contribution in [0.15, 0.2) is 52.3 Å². The third-order valence-corrected chi connectivity index (χ3v) is 9.87. The fraction of sp³-hybridized carbons (Fsp3) is 0.462. The smallest absolute Gasteiger partial charge is 0.260 e. The van der Waals surface area contributed by atoms with E-state index in [1.165, 1.54) is 27.8 Å². The summed E-state index contributed by atoms with van der Waals surface area (Å²) in [5, 5.41) is 0.649. The lowest BCUT2D eigenvalue weighted by Crippen LogP contribution is -2.38. The second kappa shape index (κ2) is 13.0. The summed E-state index contributed by atoms with van der Waals surface area (Å²) in [6.45, 7) is 9.71. The van der Waals surface area contributed by atoms with E-state index in [-0.39, 0.29) is 10.8 Å². The van der Waals surface area contributed by atoms with Gasteiger partial charge < -0.3 is 4.90 Å². The van der Waals surface area contributed by atoms with E-state index < -0.39 is 10.0 Å². The molecule has 2 aromatic carbocycles. The van der Waals surface area contributed by atoms with Gasteiger partial charge in [-0.25, -0.2) is 17.7 Å². The van der Waals surface area contributed by atoms with Crippen molar-refractivity contribution in [2.24, 2.45) is 0 Å². The molecule has 7 nitrogen and oxygen atoms in total. The number of benzene rings is 2. The molecule has 0 N–H and O–H groups in total. The monoisotopic (exact) mass is 548 g/mol. The molecule has 0 aliphatic carbocycles. The van der Waals surface area contributed by atoms with Crippen LogP contribution in [0.1, 0.15) is 44.0 Å². The highest BCUT2D eigenvalue weighted by Gasteiger charge is 2.24. The van der Waals surface area contributed by atoms with Gasteiger partial charge >= 0.3 is 0 Å². The molecule has 0 aliphatic heterocycles. The Kier molecular flexibility index (Phi) is 10.3. The minimum Gasteiger partial charge on any atom is -0.302 e. The molecule has 3 rings (SSSR count). The molecule has 36 heavy (non-hydrogen) atoms. The predicted octanol–water partition coefficient (Wildman–Crippen LogP) is 5.43. The van der Waals surface area contributed by atoms with Crippen molar-refractivity contribution in [1.29, 1.82) is 0 Å². The van der Waals surface area contributed by atoms with Crippen molar-refractivity contribution in [2.45, 2.75) is 43.4 Å². The van der Waals surface area contributed by atoms with Crippen molar-refractivity contribution in [2.75, 3.05) is 50.9 Å². The van der Waals surface area contributed by atoms with Crippen LogP contribution < -0.4 is 4.90 Å². The van der Waals surface area contributed by atoms with Gasteiger partial charge in [0.25, 0.3) is 5.91 Å². The number of hydrogen-bond acceptors (Lipinski definition) is 7. The van der Waals surface area contributed by atoms with Gasteiger partial charge in [-0.2, -0.15) is 0 Å². The Morgan fingerprint density at radius 2 is 1.69 bits per heavy atom. The van der Waals surface area contributed by atoms with Crippen molar-refractivity contribution in [3.05, 3.63) is 48.0 Å². The lowest BCUT2D eigenvalue weighted by Gasteiger charge is -2.25. The van der Waals surface area contributed by atoms with Crippen molar-refractivity contribution in [3.63, 3.8) is 0 Å². The Morgan fingerprint density at radius 1 is 1.00 bits per heavy atom. The summed E-state index contributed by atoms with van der Waals surface area (Å²) in [6.07, 6.45) is 3.75. The number of unbranched alkanes of at least 4 members (excludes halogenated alkanes) is 1. The Labute approximate surface area is 223 Å². The number of carbonyl (C=O) groups is 1. The van der Waals surface area contributed by atoms with Crippen LogP contribution in [0.2, 0.25) is 0 Å². The van der Waals surface area contributed by atoms with Crippen LogP contribution in [-0.4, -0.2) is 74.5 Å². The molecule has 196 valence electrons. The van der Waals surface area contributed by atoms with Gasteiger partial charge in [0.15, 0.2) is 5.13 Å². The third-order valence-electron chi connectivity index (χ3n) is 6.23. The number of fused-ring (bicyclic) bond motifs is 1. The zero-order valence-corrected chi connectivity index (χ0v) is 24.2. The number of anilines is 1. The van der Waals surface area contributed by atoms with Crippen molar-refractivity contribution in [1.82, 2.24) is 14.2 Å². The van der Waals surface area contributed by atoms with E-state index in [0.29, 0.717) is 23.8 Å². The molecule has 0 spiro atoms. The van der Waals surface area contributed by atoms with Gasteiger partial charge in [0.1, 0.15) is 0 Å². The highest BCUT2D eigenvalue weighted by Crippen LogP contribution is 2.32. The van der Waals surface area contributed by atoms with Crippen molar-refractivity contribution >= 4 is 54.4 Å². The van der Waals surface area contributed by atoms with Crippen molar-refractivity contribution < 1.29 is 13.2 Å². The molecular formula is C26H36N4O3S3. The minimum atomic E-state index is -3.59. The van der Waals surface area contributed by atoms with Crippen LogP contribution in [0.25, 0.3) is 10.2 Å². The molecule has 0 saturated carbocycles. The van der Waals surface area contributed by atoms with Gasteiger partial charge in [-0.05, 0) is 68.2 Å². The van der Waals surface area contributed by atoms with Crippen LogP contribution >= 0.6 is 23.1 Å². The summed E-state index contributed by atoms with van der Waals surface area (Å²) < 4.78 is 28.2. The topological polar surface area (TPSA) is 73.8 Å². The van der Waals surface area contributed by atoms with Gasteiger partial charge in [0.2, 0.25) is 10.0 Å². The first kappa shape index (κ1) is 28.6. The molecule has 1 amide bonds. The highest BCUT2D eigenvalue weighted by atomic mass is 32.2. The first-order chi connectivity index (χ1) is 17.2. The minimum absolute atomic E-state index is 0.186. The molecule has 0 saturated heterocycles. The SMILES string of the molecule is CCCCN(C)S(=O)(=O)c1ccc(C(=O)N(CCN(CC)CC)c2nc3ccc(SC)cc3s2)cc1. The number of nitrogens with zero attached hydrogens (tertiary/aromatic N) is 4.